The van der Waals surface area contributed by atoms with Crippen LogP contribution in [0.15, 0.2) is 48.5 Å². The van der Waals surface area contributed by atoms with E-state index in [1.165, 1.54) is 0 Å². The Hall–Kier alpha value is -1.77. The molecule has 0 amide bonds. The first-order valence-electron chi connectivity index (χ1n) is 6.65. The second-order valence-corrected chi connectivity index (χ2v) is 5.77. The molecular formula is C17H14Cl2N2. The van der Waals surface area contributed by atoms with E-state index >= 15 is 0 Å². The normalized spacial score (nSPS) is 10.9. The van der Waals surface area contributed by atoms with Crippen LogP contribution in [-0.2, 0) is 0 Å². The van der Waals surface area contributed by atoms with Crippen LogP contribution in [0.2, 0.25) is 10.0 Å². The van der Waals surface area contributed by atoms with Gasteiger partial charge in [-0.2, -0.15) is 5.10 Å². The molecule has 0 fully saturated rings. The maximum absolute atomic E-state index is 6.32. The van der Waals surface area contributed by atoms with Gasteiger partial charge >= 0.3 is 0 Å². The number of rotatable bonds is 2. The molecule has 3 aromatic rings. The SMILES string of the molecule is Cc1nn(-c2ccccc2Cl)c(-c2ccc(Cl)cc2)c1C. The van der Waals surface area contributed by atoms with Crippen molar-refractivity contribution in [3.8, 4) is 16.9 Å². The molecule has 2 nitrogen and oxygen atoms in total. The van der Waals surface area contributed by atoms with Gasteiger partial charge in [-0.15, -0.1) is 0 Å². The van der Waals surface area contributed by atoms with E-state index in [1.807, 2.05) is 60.1 Å². The topological polar surface area (TPSA) is 17.8 Å². The summed E-state index contributed by atoms with van der Waals surface area (Å²) in [6, 6.07) is 15.5. The number of nitrogens with zero attached hydrogens (tertiary/aromatic N) is 2. The van der Waals surface area contributed by atoms with Gasteiger partial charge in [0.05, 0.1) is 22.1 Å². The summed E-state index contributed by atoms with van der Waals surface area (Å²) in [4.78, 5) is 0. The molecule has 0 radical (unpaired) electrons. The minimum atomic E-state index is 0.676. The van der Waals surface area contributed by atoms with Gasteiger partial charge in [0.2, 0.25) is 0 Å². The molecule has 106 valence electrons. The molecule has 0 atom stereocenters. The van der Waals surface area contributed by atoms with Crippen LogP contribution >= 0.6 is 23.2 Å². The maximum atomic E-state index is 6.32. The number of benzene rings is 2. The first-order valence-corrected chi connectivity index (χ1v) is 7.40. The number of aryl methyl sites for hydroxylation is 1. The van der Waals surface area contributed by atoms with Gasteiger partial charge in [0.25, 0.3) is 0 Å². The minimum Gasteiger partial charge on any atom is -0.231 e. The molecule has 0 N–H and O–H groups in total. The van der Waals surface area contributed by atoms with Crippen LogP contribution < -0.4 is 0 Å². The Labute approximate surface area is 133 Å². The highest BCUT2D eigenvalue weighted by Gasteiger charge is 2.16. The van der Waals surface area contributed by atoms with E-state index < -0.39 is 0 Å². The molecule has 0 unspecified atom stereocenters. The lowest BCUT2D eigenvalue weighted by atomic mass is 10.1. The Morgan fingerprint density at radius 2 is 1.57 bits per heavy atom. The van der Waals surface area contributed by atoms with E-state index in [2.05, 4.69) is 12.0 Å². The third kappa shape index (κ3) is 2.57. The van der Waals surface area contributed by atoms with Crippen molar-refractivity contribution in [3.05, 3.63) is 69.8 Å². The van der Waals surface area contributed by atoms with Crippen LogP contribution in [0.4, 0.5) is 0 Å². The zero-order chi connectivity index (χ0) is 15.0. The lowest BCUT2D eigenvalue weighted by Gasteiger charge is -2.10. The van der Waals surface area contributed by atoms with Crippen molar-refractivity contribution in [1.82, 2.24) is 9.78 Å². The van der Waals surface area contributed by atoms with Gasteiger partial charge in [0.1, 0.15) is 0 Å². The highest BCUT2D eigenvalue weighted by atomic mass is 35.5. The summed E-state index contributed by atoms with van der Waals surface area (Å²) in [7, 11) is 0. The van der Waals surface area contributed by atoms with Crippen LogP contribution in [0, 0.1) is 13.8 Å². The molecule has 0 saturated heterocycles. The van der Waals surface area contributed by atoms with Gasteiger partial charge in [-0.25, -0.2) is 4.68 Å². The smallest absolute Gasteiger partial charge is 0.0839 e. The highest BCUT2D eigenvalue weighted by Crippen LogP contribution is 2.31. The zero-order valence-corrected chi connectivity index (χ0v) is 13.3. The Balaban J connectivity index is 2.26. The predicted octanol–water partition coefficient (Wildman–Crippen LogP) is 5.46. The van der Waals surface area contributed by atoms with Gasteiger partial charge in [-0.05, 0) is 43.7 Å². The fraction of sp³-hybridized carbons (Fsp3) is 0.118. The maximum Gasteiger partial charge on any atom is 0.0839 e. The Morgan fingerprint density at radius 3 is 2.24 bits per heavy atom. The van der Waals surface area contributed by atoms with E-state index in [0.29, 0.717) is 5.02 Å². The molecule has 0 aliphatic rings. The van der Waals surface area contributed by atoms with Gasteiger partial charge in [-0.1, -0.05) is 47.5 Å². The number of hydrogen-bond acceptors (Lipinski definition) is 1. The fourth-order valence-corrected chi connectivity index (χ4v) is 2.69. The Bertz CT molecular complexity index is 789. The van der Waals surface area contributed by atoms with Crippen molar-refractivity contribution in [2.75, 3.05) is 0 Å². The van der Waals surface area contributed by atoms with Crippen LogP contribution in [0.5, 0.6) is 0 Å². The third-order valence-electron chi connectivity index (χ3n) is 3.56. The quantitative estimate of drug-likeness (QED) is 0.613. The molecule has 0 aliphatic carbocycles. The molecule has 1 aromatic heterocycles. The molecule has 4 heteroatoms. The first-order chi connectivity index (χ1) is 10.1. The van der Waals surface area contributed by atoms with E-state index in [-0.39, 0.29) is 0 Å². The van der Waals surface area contributed by atoms with Crippen molar-refractivity contribution in [3.63, 3.8) is 0 Å². The summed E-state index contributed by atoms with van der Waals surface area (Å²) in [5.41, 5.74) is 5.10. The van der Waals surface area contributed by atoms with Gasteiger partial charge in [-0.3, -0.25) is 0 Å². The van der Waals surface area contributed by atoms with Crippen LogP contribution in [0.1, 0.15) is 11.3 Å². The Morgan fingerprint density at radius 1 is 0.905 bits per heavy atom. The fourth-order valence-electron chi connectivity index (χ4n) is 2.35. The lowest BCUT2D eigenvalue weighted by Crippen LogP contribution is -2.00. The third-order valence-corrected chi connectivity index (χ3v) is 4.13. The molecule has 0 aliphatic heterocycles. The molecule has 3 rings (SSSR count). The standard InChI is InChI=1S/C17H14Cl2N2/c1-11-12(2)20-21(16-6-4-3-5-15(16)19)17(11)13-7-9-14(18)10-8-13/h3-10H,1-2H3. The number of aromatic nitrogens is 2. The number of para-hydroxylation sites is 1. The van der Waals surface area contributed by atoms with Crippen LogP contribution in [0.3, 0.4) is 0 Å². The van der Waals surface area contributed by atoms with E-state index in [0.717, 1.165) is 33.2 Å². The van der Waals surface area contributed by atoms with Gasteiger partial charge in [0.15, 0.2) is 0 Å². The van der Waals surface area contributed by atoms with Crippen molar-refractivity contribution in [2.45, 2.75) is 13.8 Å². The van der Waals surface area contributed by atoms with Gasteiger partial charge in [0, 0.05) is 10.6 Å². The number of hydrogen-bond donors (Lipinski definition) is 0. The molecular weight excluding hydrogens is 303 g/mol. The lowest BCUT2D eigenvalue weighted by molar-refractivity contribution is 0.869. The zero-order valence-electron chi connectivity index (χ0n) is 11.8. The van der Waals surface area contributed by atoms with Crippen LogP contribution in [0.25, 0.3) is 16.9 Å². The second-order valence-electron chi connectivity index (χ2n) is 4.93. The van der Waals surface area contributed by atoms with Crippen LogP contribution in [-0.4, -0.2) is 9.78 Å². The summed E-state index contributed by atoms with van der Waals surface area (Å²) >= 11 is 12.3. The molecule has 21 heavy (non-hydrogen) atoms. The molecule has 2 aromatic carbocycles. The summed E-state index contributed by atoms with van der Waals surface area (Å²) < 4.78 is 1.90. The summed E-state index contributed by atoms with van der Waals surface area (Å²) in [5, 5.41) is 6.03. The average Bonchev–Trinajstić information content (AvgIpc) is 2.76. The molecule has 0 spiro atoms. The van der Waals surface area contributed by atoms with E-state index in [4.69, 9.17) is 23.2 Å². The van der Waals surface area contributed by atoms with Crippen molar-refractivity contribution in [1.29, 1.82) is 0 Å². The van der Waals surface area contributed by atoms with E-state index in [1.54, 1.807) is 0 Å². The van der Waals surface area contributed by atoms with E-state index in [9.17, 15) is 0 Å². The van der Waals surface area contributed by atoms with Crippen molar-refractivity contribution >= 4 is 23.2 Å². The monoisotopic (exact) mass is 316 g/mol. The first kappa shape index (κ1) is 14.2. The van der Waals surface area contributed by atoms with Gasteiger partial charge < -0.3 is 0 Å². The van der Waals surface area contributed by atoms with Crippen molar-refractivity contribution < 1.29 is 0 Å². The average molecular weight is 317 g/mol. The largest absolute Gasteiger partial charge is 0.231 e. The van der Waals surface area contributed by atoms with Crippen molar-refractivity contribution in [2.24, 2.45) is 0 Å². The predicted molar refractivity (Wildman–Crippen MR) is 88.5 cm³/mol. The molecule has 0 saturated carbocycles. The summed E-state index contributed by atoms with van der Waals surface area (Å²) in [5.74, 6) is 0. The molecule has 1 heterocycles. The minimum absolute atomic E-state index is 0.676. The summed E-state index contributed by atoms with van der Waals surface area (Å²) in [6.45, 7) is 4.07. The highest BCUT2D eigenvalue weighted by molar-refractivity contribution is 6.32. The summed E-state index contributed by atoms with van der Waals surface area (Å²) in [6.07, 6.45) is 0. The Kier molecular flexibility index (Phi) is 3.75. The molecule has 0 bridgehead atoms. The number of halogens is 2. The second kappa shape index (κ2) is 5.55.